The summed E-state index contributed by atoms with van der Waals surface area (Å²) in [6, 6.07) is 7.84. The highest BCUT2D eigenvalue weighted by Crippen LogP contribution is 2.29. The van der Waals surface area contributed by atoms with Gasteiger partial charge in [0.2, 0.25) is 5.85 Å². The van der Waals surface area contributed by atoms with Crippen molar-refractivity contribution in [2.24, 2.45) is 4.99 Å². The van der Waals surface area contributed by atoms with Crippen LogP contribution in [0.4, 0.5) is 16.0 Å². The lowest BCUT2D eigenvalue weighted by atomic mass is 9.99. The Labute approximate surface area is 256 Å². The molecule has 3 aromatic heterocycles. The number of alkyl halides is 1. The molecule has 0 bridgehead atoms. The first-order chi connectivity index (χ1) is 21.4. The molecule has 2 N–H and O–H groups in total. The normalized spacial score (nSPS) is 20.1. The zero-order chi connectivity index (χ0) is 30.9. The molecule has 1 saturated heterocycles. The van der Waals surface area contributed by atoms with E-state index in [9.17, 15) is 14.3 Å². The van der Waals surface area contributed by atoms with Crippen molar-refractivity contribution in [3.8, 4) is 6.07 Å². The first-order valence-electron chi connectivity index (χ1n) is 15.6. The molecular formula is C32H41FN8O3. The van der Waals surface area contributed by atoms with E-state index in [0.717, 1.165) is 74.1 Å². The van der Waals surface area contributed by atoms with Crippen molar-refractivity contribution in [1.82, 2.24) is 19.2 Å². The van der Waals surface area contributed by atoms with Crippen LogP contribution in [0.5, 0.6) is 0 Å². The summed E-state index contributed by atoms with van der Waals surface area (Å²) in [6.45, 7) is 4.22. The third kappa shape index (κ3) is 7.34. The van der Waals surface area contributed by atoms with Crippen LogP contribution < -0.4 is 15.8 Å². The number of anilines is 2. The van der Waals surface area contributed by atoms with E-state index >= 15 is 0 Å². The van der Waals surface area contributed by atoms with Gasteiger partial charge in [-0.25, -0.2) is 14.4 Å². The molecule has 3 aromatic rings. The molecule has 2 atom stereocenters. The van der Waals surface area contributed by atoms with Gasteiger partial charge in [0.15, 0.2) is 5.65 Å². The molecule has 0 spiro atoms. The SMILES string of the molecule is CCc1cnn2c(NCc3cccn(CCCCCOC4(F)C=NC(C#N)=CC4)c3=O)cc(N3CCCC[C@H]3CCO)nc12. The molecule has 5 heterocycles. The predicted octanol–water partition coefficient (Wildman–Crippen LogP) is 4.54. The van der Waals surface area contributed by atoms with Crippen LogP contribution in [0.1, 0.15) is 69.4 Å². The van der Waals surface area contributed by atoms with Crippen molar-refractivity contribution in [1.29, 1.82) is 5.26 Å². The number of hydrogen-bond donors (Lipinski definition) is 2. The summed E-state index contributed by atoms with van der Waals surface area (Å²) in [5, 5.41) is 26.5. The fourth-order valence-corrected chi connectivity index (χ4v) is 5.83. The average Bonchev–Trinajstić information content (AvgIpc) is 3.47. The van der Waals surface area contributed by atoms with Gasteiger partial charge in [0.1, 0.15) is 23.4 Å². The molecule has 5 rings (SSSR count). The summed E-state index contributed by atoms with van der Waals surface area (Å²) in [7, 11) is 0. The Morgan fingerprint density at radius 1 is 1.27 bits per heavy atom. The number of nitrogens with zero attached hydrogens (tertiary/aromatic N) is 7. The highest BCUT2D eigenvalue weighted by Gasteiger charge is 2.30. The lowest BCUT2D eigenvalue weighted by Crippen LogP contribution is -2.40. The number of aliphatic hydroxyl groups excluding tert-OH is 1. The first-order valence-corrected chi connectivity index (χ1v) is 15.6. The Kier molecular flexibility index (Phi) is 10.4. The Balaban J connectivity index is 1.20. The number of ether oxygens (including phenoxy) is 1. The first kappa shape index (κ1) is 31.3. The number of fused-ring (bicyclic) bond motifs is 1. The predicted molar refractivity (Wildman–Crippen MR) is 168 cm³/mol. The number of halogens is 1. The molecule has 234 valence electrons. The summed E-state index contributed by atoms with van der Waals surface area (Å²) in [5.41, 5.74) is 2.63. The number of piperidine rings is 1. The molecule has 1 fully saturated rings. The van der Waals surface area contributed by atoms with E-state index in [4.69, 9.17) is 15.0 Å². The standard InChI is InChI=1S/C32H41FN8O3/c1-2-24-22-37-41-28(19-29(38-30(24)41)40-16-6-4-10-27(40)12-17-42)35-21-25-9-8-15-39(31(25)43)14-5-3-7-18-44-32(33)13-11-26(20-34)36-23-32/h8-9,11,15,19,22-23,27,35,42H,2-7,10,12-14,16-18,21H2,1H3/t27-,32?/m0/s1. The molecule has 1 unspecified atom stereocenters. The highest BCUT2D eigenvalue weighted by molar-refractivity contribution is 5.70. The van der Waals surface area contributed by atoms with Crippen molar-refractivity contribution in [2.75, 3.05) is 30.0 Å². The number of aryl methyl sites for hydroxylation is 2. The van der Waals surface area contributed by atoms with Gasteiger partial charge in [0.25, 0.3) is 5.56 Å². The maximum atomic E-state index is 14.6. The Morgan fingerprint density at radius 2 is 2.16 bits per heavy atom. The number of unbranched alkanes of at least 4 members (excludes halogenated alkanes) is 2. The second-order valence-electron chi connectivity index (χ2n) is 11.4. The zero-order valence-electron chi connectivity index (χ0n) is 25.3. The highest BCUT2D eigenvalue weighted by atomic mass is 19.2. The number of aromatic nitrogens is 4. The summed E-state index contributed by atoms with van der Waals surface area (Å²) >= 11 is 0. The summed E-state index contributed by atoms with van der Waals surface area (Å²) in [6.07, 6.45) is 13.0. The molecule has 0 amide bonds. The van der Waals surface area contributed by atoms with E-state index in [-0.39, 0.29) is 36.9 Å². The maximum Gasteiger partial charge on any atom is 0.255 e. The summed E-state index contributed by atoms with van der Waals surface area (Å²) < 4.78 is 23.5. The lowest BCUT2D eigenvalue weighted by molar-refractivity contribution is -0.0850. The van der Waals surface area contributed by atoms with E-state index in [1.807, 2.05) is 30.5 Å². The van der Waals surface area contributed by atoms with Gasteiger partial charge in [-0.1, -0.05) is 13.0 Å². The largest absolute Gasteiger partial charge is 0.396 e. The van der Waals surface area contributed by atoms with E-state index < -0.39 is 5.85 Å². The Hall–Kier alpha value is -4.08. The van der Waals surface area contributed by atoms with Crippen LogP contribution in [0, 0.1) is 11.3 Å². The van der Waals surface area contributed by atoms with Crippen LogP contribution in [-0.4, -0.2) is 62.1 Å². The van der Waals surface area contributed by atoms with Gasteiger partial charge in [-0.3, -0.25) is 4.79 Å². The zero-order valence-corrected chi connectivity index (χ0v) is 25.3. The van der Waals surface area contributed by atoms with Gasteiger partial charge in [0, 0.05) is 62.1 Å². The number of allylic oxidation sites excluding steroid dienone is 1. The van der Waals surface area contributed by atoms with Crippen LogP contribution in [0.2, 0.25) is 0 Å². The van der Waals surface area contributed by atoms with E-state index in [2.05, 4.69) is 27.2 Å². The van der Waals surface area contributed by atoms with Crippen LogP contribution in [-0.2, 0) is 24.2 Å². The van der Waals surface area contributed by atoms with E-state index in [1.54, 1.807) is 15.3 Å². The monoisotopic (exact) mass is 604 g/mol. The van der Waals surface area contributed by atoms with E-state index in [1.165, 1.54) is 6.08 Å². The van der Waals surface area contributed by atoms with Gasteiger partial charge >= 0.3 is 0 Å². The molecule has 2 aliphatic heterocycles. The number of nitrogens with one attached hydrogen (secondary N) is 1. The molecule has 2 aliphatic rings. The quantitative estimate of drug-likeness (QED) is 0.256. The summed E-state index contributed by atoms with van der Waals surface area (Å²) in [4.78, 5) is 24.4. The molecule has 0 radical (unpaired) electrons. The smallest absolute Gasteiger partial charge is 0.255 e. The number of pyridine rings is 1. The topological polar surface area (TPSA) is 133 Å². The number of aliphatic hydroxyl groups is 1. The summed E-state index contributed by atoms with van der Waals surface area (Å²) in [5.74, 6) is -0.343. The van der Waals surface area contributed by atoms with Crippen LogP contribution >= 0.6 is 0 Å². The maximum absolute atomic E-state index is 14.6. The second-order valence-corrected chi connectivity index (χ2v) is 11.4. The minimum Gasteiger partial charge on any atom is -0.396 e. The van der Waals surface area contributed by atoms with Gasteiger partial charge < -0.3 is 24.6 Å². The van der Waals surface area contributed by atoms with Crippen molar-refractivity contribution < 1.29 is 14.2 Å². The third-order valence-corrected chi connectivity index (χ3v) is 8.32. The average molecular weight is 605 g/mol. The van der Waals surface area contributed by atoms with Gasteiger partial charge in [-0.15, -0.1) is 0 Å². The fourth-order valence-electron chi connectivity index (χ4n) is 5.83. The van der Waals surface area contributed by atoms with Crippen LogP contribution in [0.15, 0.2) is 52.2 Å². The Morgan fingerprint density at radius 3 is 2.93 bits per heavy atom. The van der Waals surface area contributed by atoms with Crippen molar-refractivity contribution in [3.05, 3.63) is 63.8 Å². The minimum absolute atomic E-state index is 0.0232. The Bertz CT molecular complexity index is 1590. The van der Waals surface area contributed by atoms with Gasteiger partial charge in [-0.05, 0) is 63.5 Å². The fraction of sp³-hybridized carbons (Fsp3) is 0.531. The van der Waals surface area contributed by atoms with Gasteiger partial charge in [0.05, 0.1) is 19.0 Å². The molecule has 0 aromatic carbocycles. The molecular weight excluding hydrogens is 563 g/mol. The van der Waals surface area contributed by atoms with E-state index in [0.29, 0.717) is 31.5 Å². The number of aliphatic imine (C=N–C) groups is 1. The van der Waals surface area contributed by atoms with Crippen LogP contribution in [0.25, 0.3) is 5.65 Å². The van der Waals surface area contributed by atoms with Crippen LogP contribution in [0.3, 0.4) is 0 Å². The van der Waals surface area contributed by atoms with Crippen molar-refractivity contribution in [2.45, 2.75) is 89.7 Å². The molecule has 11 nitrogen and oxygen atoms in total. The molecule has 44 heavy (non-hydrogen) atoms. The minimum atomic E-state index is -1.97. The lowest BCUT2D eigenvalue weighted by Gasteiger charge is -2.36. The number of hydrogen-bond acceptors (Lipinski definition) is 9. The van der Waals surface area contributed by atoms with Crippen molar-refractivity contribution >= 4 is 23.5 Å². The second kappa shape index (κ2) is 14.6. The number of nitriles is 1. The van der Waals surface area contributed by atoms with Crippen molar-refractivity contribution in [3.63, 3.8) is 0 Å². The molecule has 0 aliphatic carbocycles. The van der Waals surface area contributed by atoms with Gasteiger partial charge in [-0.2, -0.15) is 14.9 Å². The number of rotatable bonds is 14. The molecule has 12 heteroatoms. The third-order valence-electron chi connectivity index (χ3n) is 8.32. The molecule has 0 saturated carbocycles.